The van der Waals surface area contributed by atoms with Crippen LogP contribution < -0.4 is 4.74 Å². The van der Waals surface area contributed by atoms with Gasteiger partial charge in [0.25, 0.3) is 0 Å². The molecule has 0 atom stereocenters. The van der Waals surface area contributed by atoms with Crippen LogP contribution in [-0.4, -0.2) is 17.3 Å². The van der Waals surface area contributed by atoms with Crippen molar-refractivity contribution in [2.45, 2.75) is 26.4 Å². The third-order valence-electron chi connectivity index (χ3n) is 2.17. The van der Waals surface area contributed by atoms with E-state index >= 15 is 0 Å². The predicted molar refractivity (Wildman–Crippen MR) is 54.6 cm³/mol. The van der Waals surface area contributed by atoms with E-state index in [1.807, 2.05) is 6.92 Å². The first kappa shape index (κ1) is 10.9. The van der Waals surface area contributed by atoms with Gasteiger partial charge < -0.3 is 14.9 Å². The number of methoxy groups -OCH3 is 1. The van der Waals surface area contributed by atoms with E-state index in [0.29, 0.717) is 11.3 Å². The number of phenolic OH excluding ortho intramolecular Hbond substituents is 1. The van der Waals surface area contributed by atoms with Gasteiger partial charge >= 0.3 is 0 Å². The smallest absolute Gasteiger partial charge is 0.163 e. The van der Waals surface area contributed by atoms with Gasteiger partial charge in [-0.15, -0.1) is 0 Å². The minimum absolute atomic E-state index is 0.0598. The van der Waals surface area contributed by atoms with Crippen LogP contribution in [0.4, 0.5) is 0 Å². The van der Waals surface area contributed by atoms with E-state index in [1.54, 1.807) is 19.9 Å². The first-order chi connectivity index (χ1) is 6.36. The Morgan fingerprint density at radius 2 is 1.86 bits per heavy atom. The molecule has 1 rings (SSSR count). The van der Waals surface area contributed by atoms with Gasteiger partial charge in [0.2, 0.25) is 0 Å². The van der Waals surface area contributed by atoms with Crippen molar-refractivity contribution in [2.75, 3.05) is 7.11 Å². The maximum absolute atomic E-state index is 9.75. The molecule has 14 heavy (non-hydrogen) atoms. The van der Waals surface area contributed by atoms with Gasteiger partial charge in [-0.25, -0.2) is 0 Å². The molecule has 0 spiro atoms. The number of aromatic hydroxyl groups is 1. The second kappa shape index (κ2) is 3.50. The number of ether oxygens (including phenoxy) is 1. The lowest BCUT2D eigenvalue weighted by atomic mass is 9.96. The number of aliphatic hydroxyl groups is 1. The lowest BCUT2D eigenvalue weighted by Crippen LogP contribution is -2.15. The molecule has 3 heteroatoms. The molecule has 0 aromatic heterocycles. The number of phenols is 1. The number of hydrogen-bond donors (Lipinski definition) is 2. The predicted octanol–water partition coefficient (Wildman–Crippen LogP) is 1.94. The summed E-state index contributed by atoms with van der Waals surface area (Å²) < 4.78 is 5.01. The fraction of sp³-hybridized carbons (Fsp3) is 0.455. The lowest BCUT2D eigenvalue weighted by molar-refractivity contribution is 0.0782. The van der Waals surface area contributed by atoms with Crippen LogP contribution in [0, 0.1) is 6.92 Å². The average Bonchev–Trinajstić information content (AvgIpc) is 2.01. The summed E-state index contributed by atoms with van der Waals surface area (Å²) in [6, 6.07) is 3.32. The number of aryl methyl sites for hydroxylation is 1. The first-order valence-corrected chi connectivity index (χ1v) is 4.46. The Morgan fingerprint density at radius 3 is 2.21 bits per heavy atom. The van der Waals surface area contributed by atoms with E-state index in [4.69, 9.17) is 4.74 Å². The van der Waals surface area contributed by atoms with Crippen molar-refractivity contribution in [3.8, 4) is 11.5 Å². The van der Waals surface area contributed by atoms with Gasteiger partial charge in [0.1, 0.15) is 0 Å². The summed E-state index contributed by atoms with van der Waals surface area (Å²) in [5, 5.41) is 19.3. The maximum Gasteiger partial charge on any atom is 0.163 e. The Morgan fingerprint density at radius 1 is 1.29 bits per heavy atom. The summed E-state index contributed by atoms with van der Waals surface area (Å²) >= 11 is 0. The molecule has 1 aromatic rings. The number of benzene rings is 1. The Kier molecular flexibility index (Phi) is 2.71. The van der Waals surface area contributed by atoms with Crippen molar-refractivity contribution in [1.82, 2.24) is 0 Å². The molecular formula is C11H16O3. The summed E-state index contributed by atoms with van der Waals surface area (Å²) in [6.07, 6.45) is 0. The topological polar surface area (TPSA) is 49.7 Å². The van der Waals surface area contributed by atoms with Gasteiger partial charge in [-0.3, -0.25) is 0 Å². The molecule has 0 amide bonds. The van der Waals surface area contributed by atoms with Crippen LogP contribution in [0.25, 0.3) is 0 Å². The minimum atomic E-state index is -0.950. The lowest BCUT2D eigenvalue weighted by Gasteiger charge is -2.19. The van der Waals surface area contributed by atoms with Crippen LogP contribution in [0.2, 0.25) is 0 Å². The quantitative estimate of drug-likeness (QED) is 0.760. The van der Waals surface area contributed by atoms with Crippen molar-refractivity contribution >= 4 is 0 Å². The SMILES string of the molecule is COc1c(C)cc(C(C)(C)O)cc1O. The summed E-state index contributed by atoms with van der Waals surface area (Å²) in [7, 11) is 1.51. The number of hydrogen-bond acceptors (Lipinski definition) is 3. The van der Waals surface area contributed by atoms with Crippen molar-refractivity contribution in [3.05, 3.63) is 23.3 Å². The highest BCUT2D eigenvalue weighted by molar-refractivity contribution is 5.49. The van der Waals surface area contributed by atoms with E-state index in [-0.39, 0.29) is 5.75 Å². The molecule has 0 heterocycles. The van der Waals surface area contributed by atoms with Crippen molar-refractivity contribution in [3.63, 3.8) is 0 Å². The normalized spacial score (nSPS) is 11.5. The van der Waals surface area contributed by atoms with Crippen LogP contribution in [-0.2, 0) is 5.60 Å². The molecule has 0 radical (unpaired) electrons. The summed E-state index contributed by atoms with van der Waals surface area (Å²) in [6.45, 7) is 5.18. The van der Waals surface area contributed by atoms with E-state index in [9.17, 15) is 10.2 Å². The van der Waals surface area contributed by atoms with Gasteiger partial charge in [0, 0.05) is 0 Å². The van der Waals surface area contributed by atoms with Crippen molar-refractivity contribution in [2.24, 2.45) is 0 Å². The van der Waals surface area contributed by atoms with E-state index < -0.39 is 5.60 Å². The monoisotopic (exact) mass is 196 g/mol. The molecule has 1 aromatic carbocycles. The Hall–Kier alpha value is -1.22. The third-order valence-corrected chi connectivity index (χ3v) is 2.17. The van der Waals surface area contributed by atoms with Crippen LogP contribution in [0.3, 0.4) is 0 Å². The third kappa shape index (κ3) is 1.99. The van der Waals surface area contributed by atoms with Gasteiger partial charge in [-0.2, -0.15) is 0 Å². The molecule has 3 nitrogen and oxygen atoms in total. The molecule has 0 aliphatic carbocycles. The van der Waals surface area contributed by atoms with Gasteiger partial charge in [0.15, 0.2) is 11.5 Å². The molecule has 78 valence electrons. The summed E-state index contributed by atoms with van der Waals surface area (Å²) in [4.78, 5) is 0. The Balaban J connectivity index is 3.28. The minimum Gasteiger partial charge on any atom is -0.504 e. The zero-order chi connectivity index (χ0) is 10.9. The van der Waals surface area contributed by atoms with Crippen LogP contribution in [0.15, 0.2) is 12.1 Å². The molecule has 0 aliphatic heterocycles. The highest BCUT2D eigenvalue weighted by Crippen LogP contribution is 2.34. The van der Waals surface area contributed by atoms with Crippen LogP contribution in [0.1, 0.15) is 25.0 Å². The Labute approximate surface area is 84.0 Å². The van der Waals surface area contributed by atoms with Crippen LogP contribution >= 0.6 is 0 Å². The van der Waals surface area contributed by atoms with E-state index in [2.05, 4.69) is 0 Å². The van der Waals surface area contributed by atoms with Gasteiger partial charge in [0.05, 0.1) is 12.7 Å². The zero-order valence-electron chi connectivity index (χ0n) is 8.96. The maximum atomic E-state index is 9.75. The molecule has 0 fully saturated rings. The molecule has 2 N–H and O–H groups in total. The van der Waals surface area contributed by atoms with Crippen molar-refractivity contribution in [1.29, 1.82) is 0 Å². The molecule has 0 unspecified atom stereocenters. The highest BCUT2D eigenvalue weighted by Gasteiger charge is 2.19. The fourth-order valence-electron chi connectivity index (χ4n) is 1.37. The average molecular weight is 196 g/mol. The second-order valence-electron chi connectivity index (χ2n) is 3.90. The number of rotatable bonds is 2. The molecular weight excluding hydrogens is 180 g/mol. The molecule has 0 saturated heterocycles. The Bertz CT molecular complexity index is 314. The van der Waals surface area contributed by atoms with Gasteiger partial charge in [-0.05, 0) is 44.0 Å². The van der Waals surface area contributed by atoms with Crippen LogP contribution in [0.5, 0.6) is 11.5 Å². The standard InChI is InChI=1S/C11H16O3/c1-7-5-8(11(2,3)13)6-9(12)10(7)14-4/h5-6,12-13H,1-4H3. The van der Waals surface area contributed by atoms with Crippen molar-refractivity contribution < 1.29 is 14.9 Å². The first-order valence-electron chi connectivity index (χ1n) is 4.46. The summed E-state index contributed by atoms with van der Waals surface area (Å²) in [5.41, 5.74) is 0.534. The summed E-state index contributed by atoms with van der Waals surface area (Å²) in [5.74, 6) is 0.516. The largest absolute Gasteiger partial charge is 0.504 e. The fourth-order valence-corrected chi connectivity index (χ4v) is 1.37. The molecule has 0 saturated carbocycles. The van der Waals surface area contributed by atoms with E-state index in [1.165, 1.54) is 13.2 Å². The van der Waals surface area contributed by atoms with E-state index in [0.717, 1.165) is 5.56 Å². The molecule has 0 aliphatic rings. The van der Waals surface area contributed by atoms with Gasteiger partial charge in [-0.1, -0.05) is 0 Å². The zero-order valence-corrected chi connectivity index (χ0v) is 8.96. The highest BCUT2D eigenvalue weighted by atomic mass is 16.5. The molecule has 0 bridgehead atoms. The second-order valence-corrected chi connectivity index (χ2v) is 3.90.